The highest BCUT2D eigenvalue weighted by Crippen LogP contribution is 2.27. The number of imide groups is 2. The molecule has 7 nitrogen and oxygen atoms in total. The number of rotatable bonds is 3. The third-order valence-electron chi connectivity index (χ3n) is 4.34. The Hall–Kier alpha value is -4.44. The summed E-state index contributed by atoms with van der Waals surface area (Å²) in [6.07, 6.45) is 1.28. The molecule has 1 N–H and O–H groups in total. The second-order valence-corrected chi connectivity index (χ2v) is 6.15. The van der Waals surface area contributed by atoms with Gasteiger partial charge in [-0.05, 0) is 42.5 Å². The number of hydrogen-bond donors (Lipinski definition) is 1. The highest BCUT2D eigenvalue weighted by atomic mass is 16.3. The predicted octanol–water partition coefficient (Wildman–Crippen LogP) is 3.48. The summed E-state index contributed by atoms with van der Waals surface area (Å²) in [7, 11) is 0. The van der Waals surface area contributed by atoms with Gasteiger partial charge in [-0.3, -0.25) is 14.9 Å². The van der Waals surface area contributed by atoms with Crippen LogP contribution >= 0.6 is 0 Å². The maximum Gasteiger partial charge on any atom is 0.335 e. The van der Waals surface area contributed by atoms with Gasteiger partial charge in [0.15, 0.2) is 0 Å². The molecular formula is C22H13N3O4. The molecule has 7 heteroatoms. The normalized spacial score (nSPS) is 15.3. The molecule has 1 aromatic heterocycles. The average Bonchev–Trinajstić information content (AvgIpc) is 3.20. The van der Waals surface area contributed by atoms with Gasteiger partial charge in [-0.2, -0.15) is 5.26 Å². The van der Waals surface area contributed by atoms with E-state index in [1.807, 2.05) is 0 Å². The van der Waals surface area contributed by atoms with Crippen LogP contribution in [0.25, 0.3) is 17.4 Å². The van der Waals surface area contributed by atoms with E-state index >= 15 is 0 Å². The number of carbonyl (C=O) groups excluding carboxylic acids is 3. The quantitative estimate of drug-likeness (QED) is 0.551. The van der Waals surface area contributed by atoms with Crippen molar-refractivity contribution >= 4 is 29.6 Å². The van der Waals surface area contributed by atoms with Crippen molar-refractivity contribution in [3.63, 3.8) is 0 Å². The number of nitrogens with zero attached hydrogens (tertiary/aromatic N) is 2. The summed E-state index contributed by atoms with van der Waals surface area (Å²) in [5.41, 5.74) is 1.15. The first kappa shape index (κ1) is 17.9. The zero-order valence-corrected chi connectivity index (χ0v) is 15.0. The van der Waals surface area contributed by atoms with Crippen LogP contribution in [0.5, 0.6) is 0 Å². The third-order valence-corrected chi connectivity index (χ3v) is 4.34. The van der Waals surface area contributed by atoms with E-state index in [0.29, 0.717) is 22.6 Å². The molecule has 2 heterocycles. The lowest BCUT2D eigenvalue weighted by Crippen LogP contribution is -2.54. The van der Waals surface area contributed by atoms with Crippen LogP contribution in [0, 0.1) is 11.3 Å². The molecule has 0 atom stereocenters. The van der Waals surface area contributed by atoms with Crippen molar-refractivity contribution in [1.29, 1.82) is 5.26 Å². The zero-order valence-electron chi connectivity index (χ0n) is 15.0. The summed E-state index contributed by atoms with van der Waals surface area (Å²) in [5.74, 6) is -0.884. The standard InChI is InChI=1S/C22H13N3O4/c23-13-14-6-4-5-9-17(14)19-11-10-16(29-19)12-18-20(26)24-22(28)25(21(18)27)15-7-2-1-3-8-15/h1-12H,(H,24,26,28)/b18-12-. The average molecular weight is 383 g/mol. The lowest BCUT2D eigenvalue weighted by molar-refractivity contribution is -0.122. The van der Waals surface area contributed by atoms with Crippen LogP contribution in [0.15, 0.2) is 76.7 Å². The van der Waals surface area contributed by atoms with Gasteiger partial charge < -0.3 is 4.42 Å². The number of amides is 4. The van der Waals surface area contributed by atoms with Crippen LogP contribution in [-0.4, -0.2) is 17.8 Å². The van der Waals surface area contributed by atoms with Crippen LogP contribution in [0.1, 0.15) is 11.3 Å². The van der Waals surface area contributed by atoms with Gasteiger partial charge in [-0.1, -0.05) is 30.3 Å². The molecule has 1 aliphatic heterocycles. The molecule has 2 aromatic carbocycles. The maximum absolute atomic E-state index is 12.8. The smallest absolute Gasteiger partial charge is 0.335 e. The number of nitrogens with one attached hydrogen (secondary N) is 1. The summed E-state index contributed by atoms with van der Waals surface area (Å²) in [6.45, 7) is 0. The second-order valence-electron chi connectivity index (χ2n) is 6.15. The number of hydrogen-bond acceptors (Lipinski definition) is 5. The minimum Gasteiger partial charge on any atom is -0.457 e. The Balaban J connectivity index is 1.70. The number of barbiturate groups is 1. The zero-order chi connectivity index (χ0) is 20.4. The molecule has 0 spiro atoms. The second kappa shape index (κ2) is 7.29. The molecule has 0 unspecified atom stereocenters. The predicted molar refractivity (Wildman–Crippen MR) is 104 cm³/mol. The van der Waals surface area contributed by atoms with Crippen molar-refractivity contribution in [2.24, 2.45) is 0 Å². The van der Waals surface area contributed by atoms with Crippen molar-refractivity contribution in [3.05, 3.63) is 83.6 Å². The lowest BCUT2D eigenvalue weighted by atomic mass is 10.1. The van der Waals surface area contributed by atoms with Gasteiger partial charge >= 0.3 is 6.03 Å². The highest BCUT2D eigenvalue weighted by Gasteiger charge is 2.36. The Kier molecular flexibility index (Phi) is 4.51. The topological polar surface area (TPSA) is 103 Å². The maximum atomic E-state index is 12.8. The Labute approximate surface area is 165 Å². The molecule has 0 bridgehead atoms. The first-order valence-electron chi connectivity index (χ1n) is 8.64. The number of benzene rings is 2. The molecule has 29 heavy (non-hydrogen) atoms. The molecule has 4 amide bonds. The monoisotopic (exact) mass is 383 g/mol. The summed E-state index contributed by atoms with van der Waals surface area (Å²) in [5, 5.41) is 11.4. The van der Waals surface area contributed by atoms with E-state index in [-0.39, 0.29) is 11.3 Å². The molecule has 0 aliphatic carbocycles. The van der Waals surface area contributed by atoms with Gasteiger partial charge in [0.1, 0.15) is 17.1 Å². The fraction of sp³-hybridized carbons (Fsp3) is 0. The minimum atomic E-state index is -0.813. The molecule has 3 aromatic rings. The molecular weight excluding hydrogens is 370 g/mol. The summed E-state index contributed by atoms with van der Waals surface area (Å²) >= 11 is 0. The van der Waals surface area contributed by atoms with E-state index in [0.717, 1.165) is 4.90 Å². The molecule has 0 saturated carbocycles. The largest absolute Gasteiger partial charge is 0.457 e. The van der Waals surface area contributed by atoms with Crippen LogP contribution in [0.3, 0.4) is 0 Å². The van der Waals surface area contributed by atoms with E-state index in [9.17, 15) is 19.6 Å². The van der Waals surface area contributed by atoms with Crippen LogP contribution in [-0.2, 0) is 9.59 Å². The van der Waals surface area contributed by atoms with Crippen molar-refractivity contribution in [2.75, 3.05) is 4.90 Å². The van der Waals surface area contributed by atoms with Gasteiger partial charge in [0.25, 0.3) is 11.8 Å². The van der Waals surface area contributed by atoms with Gasteiger partial charge in [0.05, 0.1) is 17.3 Å². The van der Waals surface area contributed by atoms with Crippen LogP contribution in [0.2, 0.25) is 0 Å². The Morgan fingerprint density at radius 3 is 2.41 bits per heavy atom. The third kappa shape index (κ3) is 3.31. The Morgan fingerprint density at radius 2 is 1.66 bits per heavy atom. The van der Waals surface area contributed by atoms with Gasteiger partial charge in [0, 0.05) is 5.56 Å². The minimum absolute atomic E-state index is 0.233. The first-order chi connectivity index (χ1) is 14.1. The molecule has 1 saturated heterocycles. The fourth-order valence-corrected chi connectivity index (χ4v) is 2.98. The lowest BCUT2D eigenvalue weighted by Gasteiger charge is -2.26. The number of para-hydroxylation sites is 1. The van der Waals surface area contributed by atoms with Gasteiger partial charge in [-0.25, -0.2) is 9.69 Å². The molecule has 1 aliphatic rings. The summed E-state index contributed by atoms with van der Waals surface area (Å²) in [4.78, 5) is 38.1. The van der Waals surface area contributed by atoms with Gasteiger partial charge in [0.2, 0.25) is 0 Å². The van der Waals surface area contributed by atoms with Crippen molar-refractivity contribution < 1.29 is 18.8 Å². The number of nitriles is 1. The van der Waals surface area contributed by atoms with E-state index < -0.39 is 17.8 Å². The first-order valence-corrected chi connectivity index (χ1v) is 8.64. The van der Waals surface area contributed by atoms with Gasteiger partial charge in [-0.15, -0.1) is 0 Å². The van der Waals surface area contributed by atoms with E-state index in [1.165, 1.54) is 6.08 Å². The van der Waals surface area contributed by atoms with E-state index in [2.05, 4.69) is 11.4 Å². The van der Waals surface area contributed by atoms with Crippen molar-refractivity contribution in [3.8, 4) is 17.4 Å². The Bertz CT molecular complexity index is 1200. The van der Waals surface area contributed by atoms with Crippen LogP contribution in [0.4, 0.5) is 10.5 Å². The number of anilines is 1. The van der Waals surface area contributed by atoms with E-state index in [1.54, 1.807) is 66.7 Å². The fourth-order valence-electron chi connectivity index (χ4n) is 2.98. The van der Waals surface area contributed by atoms with Crippen LogP contribution < -0.4 is 10.2 Å². The molecule has 4 rings (SSSR count). The summed E-state index contributed by atoms with van der Waals surface area (Å²) in [6, 6.07) is 19.7. The summed E-state index contributed by atoms with van der Waals surface area (Å²) < 4.78 is 5.72. The molecule has 0 radical (unpaired) electrons. The Morgan fingerprint density at radius 1 is 0.931 bits per heavy atom. The number of carbonyl (C=O) groups is 3. The SMILES string of the molecule is N#Cc1ccccc1-c1ccc(/C=C2/C(=O)NC(=O)N(c3ccccc3)C2=O)o1. The highest BCUT2D eigenvalue weighted by molar-refractivity contribution is 6.39. The molecule has 140 valence electrons. The van der Waals surface area contributed by atoms with Crippen molar-refractivity contribution in [2.45, 2.75) is 0 Å². The van der Waals surface area contributed by atoms with E-state index in [4.69, 9.17) is 4.42 Å². The number of urea groups is 1. The van der Waals surface area contributed by atoms with Crippen molar-refractivity contribution in [1.82, 2.24) is 5.32 Å². The number of furan rings is 1. The molecule has 1 fully saturated rings.